The summed E-state index contributed by atoms with van der Waals surface area (Å²) in [5.41, 5.74) is 0.984. The van der Waals surface area contributed by atoms with Gasteiger partial charge in [0, 0.05) is 49.9 Å². The zero-order valence-electron chi connectivity index (χ0n) is 18.3. The van der Waals surface area contributed by atoms with Gasteiger partial charge in [-0.2, -0.15) is 0 Å². The molecule has 0 saturated carbocycles. The maximum absolute atomic E-state index is 14.7. The number of imidazole rings is 1. The highest BCUT2D eigenvalue weighted by atomic mass is 19.3. The molecular formula is C23H20F3N7O. The molecule has 1 amide bonds. The summed E-state index contributed by atoms with van der Waals surface area (Å²) in [6.07, 6.45) is 7.38. The van der Waals surface area contributed by atoms with Gasteiger partial charge in [0.25, 0.3) is 5.92 Å². The maximum Gasteiger partial charge on any atom is 0.270 e. The number of carbonyl (C=O) groups is 1. The second-order valence-electron chi connectivity index (χ2n) is 7.69. The van der Waals surface area contributed by atoms with Crippen molar-refractivity contribution in [3.63, 3.8) is 0 Å². The van der Waals surface area contributed by atoms with E-state index in [0.717, 1.165) is 13.0 Å². The zero-order chi connectivity index (χ0) is 24.3. The molecule has 0 aliphatic carbocycles. The number of nitrogens with one attached hydrogen (secondary N) is 2. The number of aromatic nitrogens is 5. The fraction of sp³-hybridized carbons (Fsp3) is 0.174. The van der Waals surface area contributed by atoms with E-state index in [2.05, 4.69) is 30.6 Å². The first kappa shape index (κ1) is 22.9. The van der Waals surface area contributed by atoms with Crippen molar-refractivity contribution in [2.75, 3.05) is 10.6 Å². The minimum Gasteiger partial charge on any atom is -0.338 e. The Balaban J connectivity index is 1.41. The van der Waals surface area contributed by atoms with Crippen molar-refractivity contribution in [1.82, 2.24) is 24.5 Å². The first-order valence-electron chi connectivity index (χ1n) is 10.2. The number of anilines is 3. The van der Waals surface area contributed by atoms with Crippen LogP contribution >= 0.6 is 0 Å². The summed E-state index contributed by atoms with van der Waals surface area (Å²) in [6, 6.07) is 6.66. The molecule has 0 saturated heterocycles. The van der Waals surface area contributed by atoms with Crippen LogP contribution in [0.3, 0.4) is 0 Å². The predicted molar refractivity (Wildman–Crippen MR) is 120 cm³/mol. The van der Waals surface area contributed by atoms with Crippen molar-refractivity contribution in [2.45, 2.75) is 19.3 Å². The molecule has 0 spiro atoms. The number of pyridine rings is 1. The summed E-state index contributed by atoms with van der Waals surface area (Å²) in [7, 11) is 1.84. The number of hydrogen-bond donors (Lipinski definition) is 2. The van der Waals surface area contributed by atoms with E-state index < -0.39 is 17.6 Å². The van der Waals surface area contributed by atoms with E-state index in [4.69, 9.17) is 0 Å². The van der Waals surface area contributed by atoms with Gasteiger partial charge in [0.05, 0.1) is 12.7 Å². The maximum atomic E-state index is 14.7. The Hall–Kier alpha value is -4.28. The van der Waals surface area contributed by atoms with Crippen LogP contribution in [0.2, 0.25) is 0 Å². The van der Waals surface area contributed by atoms with Crippen LogP contribution in [-0.2, 0) is 24.2 Å². The average Bonchev–Trinajstić information content (AvgIpc) is 3.20. The summed E-state index contributed by atoms with van der Waals surface area (Å²) < 4.78 is 43.4. The lowest BCUT2D eigenvalue weighted by molar-refractivity contribution is -0.115. The van der Waals surface area contributed by atoms with Crippen LogP contribution in [0.1, 0.15) is 18.1 Å². The summed E-state index contributed by atoms with van der Waals surface area (Å²) in [4.78, 5) is 28.7. The summed E-state index contributed by atoms with van der Waals surface area (Å²) in [5, 5.41) is 5.38. The largest absolute Gasteiger partial charge is 0.338 e. The third-order valence-electron chi connectivity index (χ3n) is 4.87. The fourth-order valence-electron chi connectivity index (χ4n) is 3.14. The van der Waals surface area contributed by atoms with Crippen molar-refractivity contribution < 1.29 is 18.0 Å². The number of hydrogen-bond acceptors (Lipinski definition) is 6. The molecule has 3 heterocycles. The fourth-order valence-corrected chi connectivity index (χ4v) is 3.14. The average molecular weight is 467 g/mol. The highest BCUT2D eigenvalue weighted by molar-refractivity contribution is 5.91. The van der Waals surface area contributed by atoms with E-state index in [0.29, 0.717) is 22.9 Å². The topological polar surface area (TPSA) is 97.6 Å². The molecule has 0 atom stereocenters. The predicted octanol–water partition coefficient (Wildman–Crippen LogP) is 4.45. The summed E-state index contributed by atoms with van der Waals surface area (Å²) in [5.74, 6) is -3.34. The molecule has 0 bridgehead atoms. The molecule has 1 aromatic carbocycles. The number of halogens is 3. The van der Waals surface area contributed by atoms with E-state index >= 15 is 0 Å². The minimum atomic E-state index is -3.07. The minimum absolute atomic E-state index is 0.0300. The van der Waals surface area contributed by atoms with E-state index in [1.165, 1.54) is 24.4 Å². The highest BCUT2D eigenvalue weighted by Gasteiger charge is 2.24. The number of nitrogens with zero attached hydrogens (tertiary/aromatic N) is 5. The number of carbonyl (C=O) groups excluding carboxylic acids is 1. The molecule has 0 fully saturated rings. The molecule has 8 nitrogen and oxygen atoms in total. The monoisotopic (exact) mass is 467 g/mol. The molecule has 4 aromatic rings. The van der Waals surface area contributed by atoms with Gasteiger partial charge in [-0.05, 0) is 29.3 Å². The van der Waals surface area contributed by atoms with Crippen LogP contribution in [0, 0.1) is 5.82 Å². The lowest BCUT2D eigenvalue weighted by Crippen LogP contribution is -2.17. The number of aryl methyl sites for hydroxylation is 1. The van der Waals surface area contributed by atoms with Crippen LogP contribution in [0.5, 0.6) is 0 Å². The molecule has 3 aromatic heterocycles. The smallest absolute Gasteiger partial charge is 0.270 e. The first-order chi connectivity index (χ1) is 16.2. The van der Waals surface area contributed by atoms with Crippen molar-refractivity contribution in [1.29, 1.82) is 0 Å². The summed E-state index contributed by atoms with van der Waals surface area (Å²) in [6.45, 7) is 0.750. The van der Waals surface area contributed by atoms with Crippen LogP contribution in [0.4, 0.5) is 30.8 Å². The highest BCUT2D eigenvalue weighted by Crippen LogP contribution is 2.28. The number of alkyl halides is 2. The Morgan fingerprint density at radius 2 is 1.79 bits per heavy atom. The van der Waals surface area contributed by atoms with E-state index in [1.807, 2.05) is 7.05 Å². The molecule has 0 unspecified atom stereocenters. The van der Waals surface area contributed by atoms with Gasteiger partial charge in [-0.1, -0.05) is 12.1 Å². The van der Waals surface area contributed by atoms with Gasteiger partial charge < -0.3 is 15.2 Å². The molecule has 0 radical (unpaired) electrons. The molecule has 11 heteroatoms. The van der Waals surface area contributed by atoms with E-state index in [9.17, 15) is 18.0 Å². The molecule has 0 aliphatic rings. The Kier molecular flexibility index (Phi) is 6.26. The van der Waals surface area contributed by atoms with Crippen molar-refractivity contribution in [3.8, 4) is 11.1 Å². The molecule has 2 N–H and O–H groups in total. The van der Waals surface area contributed by atoms with Gasteiger partial charge in [0.1, 0.15) is 11.6 Å². The molecule has 174 valence electrons. The standard InChI is InChI=1S/C23H20F3N7O/c1-23(25,26)17-5-6-27-19(9-17)31-21(34)8-15-4-3-14(7-18(15)24)16-10-28-22(29-11-16)32-20-12-33(2)13-30-20/h3-7,9-13H,8H2,1-2H3,(H,27,31,34)(H,28,29,32). The Bertz CT molecular complexity index is 1320. The van der Waals surface area contributed by atoms with Gasteiger partial charge in [-0.15, -0.1) is 0 Å². The van der Waals surface area contributed by atoms with Crippen molar-refractivity contribution in [3.05, 3.63) is 78.4 Å². The summed E-state index contributed by atoms with van der Waals surface area (Å²) >= 11 is 0. The van der Waals surface area contributed by atoms with Gasteiger partial charge in [0.15, 0.2) is 5.82 Å². The molecule has 4 rings (SSSR count). The number of rotatable bonds is 7. The zero-order valence-corrected chi connectivity index (χ0v) is 18.3. The Morgan fingerprint density at radius 1 is 1.03 bits per heavy atom. The molecule has 0 aliphatic heterocycles. The Labute approximate surface area is 192 Å². The van der Waals surface area contributed by atoms with Crippen LogP contribution in [0.15, 0.2) is 61.4 Å². The SMILES string of the molecule is Cn1cnc(Nc2ncc(-c3ccc(CC(=O)Nc4cc(C(C)(F)F)ccn4)c(F)c3)cn2)c1. The lowest BCUT2D eigenvalue weighted by Gasteiger charge is -2.12. The number of benzene rings is 1. The van der Waals surface area contributed by atoms with Gasteiger partial charge in [-0.25, -0.2) is 33.1 Å². The van der Waals surface area contributed by atoms with E-state index in [-0.39, 0.29) is 23.4 Å². The van der Waals surface area contributed by atoms with Crippen LogP contribution in [-0.4, -0.2) is 30.4 Å². The first-order valence-corrected chi connectivity index (χ1v) is 10.2. The van der Waals surface area contributed by atoms with Crippen LogP contribution < -0.4 is 10.6 Å². The third kappa shape index (κ3) is 5.55. The van der Waals surface area contributed by atoms with Crippen LogP contribution in [0.25, 0.3) is 11.1 Å². The number of amides is 1. The quantitative estimate of drug-likeness (QED) is 0.417. The van der Waals surface area contributed by atoms with Crippen molar-refractivity contribution >= 4 is 23.5 Å². The second kappa shape index (κ2) is 9.30. The Morgan fingerprint density at radius 3 is 2.44 bits per heavy atom. The van der Waals surface area contributed by atoms with E-state index in [1.54, 1.807) is 35.6 Å². The lowest BCUT2D eigenvalue weighted by atomic mass is 10.0. The molecular weight excluding hydrogens is 447 g/mol. The van der Waals surface area contributed by atoms with Gasteiger partial charge in [-0.3, -0.25) is 4.79 Å². The third-order valence-corrected chi connectivity index (χ3v) is 4.87. The molecule has 34 heavy (non-hydrogen) atoms. The second-order valence-corrected chi connectivity index (χ2v) is 7.69. The van der Waals surface area contributed by atoms with Gasteiger partial charge >= 0.3 is 0 Å². The van der Waals surface area contributed by atoms with Crippen molar-refractivity contribution in [2.24, 2.45) is 7.05 Å². The van der Waals surface area contributed by atoms with Gasteiger partial charge in [0.2, 0.25) is 11.9 Å². The normalized spacial score (nSPS) is 11.3.